The Kier molecular flexibility index (Phi) is 7.19. The lowest BCUT2D eigenvalue weighted by Gasteiger charge is -2.50. The number of hydrogen-bond acceptors (Lipinski definition) is 2. The van der Waals surface area contributed by atoms with Crippen molar-refractivity contribution in [3.63, 3.8) is 0 Å². The van der Waals surface area contributed by atoms with Crippen molar-refractivity contribution in [2.75, 3.05) is 0 Å². The maximum Gasteiger partial charge on any atom is 0.139 e. The molecule has 5 atom stereocenters. The first-order valence-corrected chi connectivity index (χ1v) is 17.6. The monoisotopic (exact) mass is 498 g/mol. The van der Waals surface area contributed by atoms with Crippen molar-refractivity contribution in [2.45, 2.75) is 90.5 Å². The minimum absolute atomic E-state index is 0.105. The summed E-state index contributed by atoms with van der Waals surface area (Å²) in [6.07, 6.45) is 8.59. The number of carbonyl (C=O) groups excluding carboxylic acids is 1. The zero-order chi connectivity index (χ0) is 25.3. The molecule has 0 N–H and O–H groups in total. The van der Waals surface area contributed by atoms with Crippen LogP contribution in [0.2, 0.25) is 19.6 Å². The highest BCUT2D eigenvalue weighted by Gasteiger charge is 2.58. The Morgan fingerprint density at radius 2 is 1.89 bits per heavy atom. The van der Waals surface area contributed by atoms with Gasteiger partial charge in [0.05, 0.1) is 0 Å². The molecule has 36 heavy (non-hydrogen) atoms. The Morgan fingerprint density at radius 1 is 1.08 bits per heavy atom. The molecule has 0 aliphatic heterocycles. The first-order valence-electron chi connectivity index (χ1n) is 14.1. The second-order valence-corrected chi connectivity index (χ2v) is 17.5. The van der Waals surface area contributed by atoms with Crippen LogP contribution in [0.4, 0.5) is 0 Å². The molecular weight excluding hydrogens is 456 g/mol. The fourth-order valence-electron chi connectivity index (χ4n) is 7.49. The molecule has 2 aromatic rings. The number of ether oxygens (including phenoxy) is 1. The second kappa shape index (κ2) is 10.2. The van der Waals surface area contributed by atoms with Gasteiger partial charge in [0.2, 0.25) is 0 Å². The molecule has 2 nitrogen and oxygen atoms in total. The van der Waals surface area contributed by atoms with Crippen molar-refractivity contribution in [1.29, 1.82) is 0 Å². The average Bonchev–Trinajstić information content (AvgIpc) is 3.12. The van der Waals surface area contributed by atoms with Gasteiger partial charge in [-0.1, -0.05) is 63.0 Å². The van der Waals surface area contributed by atoms with Crippen LogP contribution in [0.1, 0.15) is 74.5 Å². The summed E-state index contributed by atoms with van der Waals surface area (Å²) < 4.78 is 6.14. The van der Waals surface area contributed by atoms with Crippen molar-refractivity contribution in [1.82, 2.24) is 0 Å². The highest BCUT2D eigenvalue weighted by Crippen LogP contribution is 2.62. The minimum Gasteiger partial charge on any atom is -0.489 e. The summed E-state index contributed by atoms with van der Waals surface area (Å²) in [5.41, 5.74) is 7.60. The van der Waals surface area contributed by atoms with E-state index in [1.54, 1.807) is 0 Å². The summed E-state index contributed by atoms with van der Waals surface area (Å²) >= 11 is 0. The van der Waals surface area contributed by atoms with Gasteiger partial charge in [-0.05, 0) is 91.0 Å². The standard InChI is InChI=1S/C33H42O2Si/c1-33-19-18-29-28-17-15-27(35-23-24-11-7-5-8-12-24)21-25(28)14-16-30(29)32(33)26(22-31(33)34)13-9-6-10-20-36(2,3)4/h5,7-8,11-12,15,17,21,26,29-30,32H,6,9,13-14,16,18-19,22-23H2,1-4H3/t26?,29-,30-,32+,33-/m1/s1. The first-order chi connectivity index (χ1) is 17.2. The number of Topliss-reactive ketones (excluding diaryl/α,β-unsaturated/α-hetero) is 1. The van der Waals surface area contributed by atoms with E-state index in [1.165, 1.54) is 23.1 Å². The topological polar surface area (TPSA) is 26.3 Å². The number of unbranched alkanes of at least 4 members (excludes halogenated alkanes) is 1. The van der Waals surface area contributed by atoms with Crippen molar-refractivity contribution in [3.05, 3.63) is 65.2 Å². The zero-order valence-electron chi connectivity index (χ0n) is 22.6. The van der Waals surface area contributed by atoms with Gasteiger partial charge >= 0.3 is 0 Å². The van der Waals surface area contributed by atoms with Crippen LogP contribution in [0.25, 0.3) is 0 Å². The molecule has 0 aromatic heterocycles. The van der Waals surface area contributed by atoms with Gasteiger partial charge in [0.1, 0.15) is 26.2 Å². The second-order valence-electron chi connectivity index (χ2n) is 12.8. The molecule has 2 fully saturated rings. The summed E-state index contributed by atoms with van der Waals surface area (Å²) in [6.45, 7) is 9.84. The molecule has 0 bridgehead atoms. The third-order valence-corrected chi connectivity index (χ3v) is 10.1. The van der Waals surface area contributed by atoms with Gasteiger partial charge in [-0.3, -0.25) is 4.79 Å². The van der Waals surface area contributed by atoms with Crippen LogP contribution in [0.5, 0.6) is 5.75 Å². The Hall–Kier alpha value is -2.31. The van der Waals surface area contributed by atoms with E-state index in [4.69, 9.17) is 4.74 Å². The van der Waals surface area contributed by atoms with Crippen LogP contribution in [-0.4, -0.2) is 13.9 Å². The van der Waals surface area contributed by atoms with Crippen molar-refractivity contribution in [2.24, 2.45) is 23.2 Å². The number of ketones is 1. The van der Waals surface area contributed by atoms with Crippen LogP contribution >= 0.6 is 0 Å². The predicted molar refractivity (Wildman–Crippen MR) is 151 cm³/mol. The third-order valence-electron chi connectivity index (χ3n) is 9.13. The molecule has 3 heteroatoms. The molecule has 0 heterocycles. The van der Waals surface area contributed by atoms with E-state index in [0.29, 0.717) is 36.1 Å². The Balaban J connectivity index is 1.29. The summed E-state index contributed by atoms with van der Waals surface area (Å²) in [5.74, 6) is 7.28. The van der Waals surface area contributed by atoms with Crippen LogP contribution in [-0.2, 0) is 17.8 Å². The van der Waals surface area contributed by atoms with E-state index in [0.717, 1.165) is 50.7 Å². The molecule has 5 rings (SSSR count). The van der Waals surface area contributed by atoms with Gasteiger partial charge in [0.25, 0.3) is 0 Å². The lowest BCUT2D eigenvalue weighted by Crippen LogP contribution is -2.44. The van der Waals surface area contributed by atoms with Crippen molar-refractivity contribution in [3.8, 4) is 17.2 Å². The van der Waals surface area contributed by atoms with Gasteiger partial charge < -0.3 is 4.74 Å². The highest BCUT2D eigenvalue weighted by molar-refractivity contribution is 6.83. The molecule has 0 saturated heterocycles. The average molecular weight is 499 g/mol. The van der Waals surface area contributed by atoms with E-state index >= 15 is 0 Å². The maximum absolute atomic E-state index is 13.3. The maximum atomic E-state index is 13.3. The molecule has 1 unspecified atom stereocenters. The van der Waals surface area contributed by atoms with E-state index in [1.807, 2.05) is 6.07 Å². The van der Waals surface area contributed by atoms with Gasteiger partial charge in [0.15, 0.2) is 0 Å². The SMILES string of the molecule is C[C@]12CC[C@@H]3c4ccc(OCc5ccccc5)cc4CC[C@H]3[C@@H]1C(CCCC#C[Si](C)(C)C)CC2=O. The van der Waals surface area contributed by atoms with Crippen LogP contribution in [0.3, 0.4) is 0 Å². The zero-order valence-corrected chi connectivity index (χ0v) is 23.6. The van der Waals surface area contributed by atoms with Crippen LogP contribution in [0, 0.1) is 34.6 Å². The molecule has 3 aliphatic carbocycles. The number of hydrogen-bond donors (Lipinski definition) is 0. The van der Waals surface area contributed by atoms with Gasteiger partial charge in [-0.15, -0.1) is 11.5 Å². The molecule has 0 spiro atoms. The number of aryl methyl sites for hydroxylation is 1. The van der Waals surface area contributed by atoms with Crippen LogP contribution < -0.4 is 4.74 Å². The molecule has 190 valence electrons. The third kappa shape index (κ3) is 5.21. The highest BCUT2D eigenvalue weighted by atomic mass is 28.3. The molecule has 0 amide bonds. The molecule has 3 aliphatic rings. The fraction of sp³-hybridized carbons (Fsp3) is 0.545. The molecule has 2 saturated carbocycles. The lowest BCUT2D eigenvalue weighted by atomic mass is 9.54. The summed E-state index contributed by atoms with van der Waals surface area (Å²) in [7, 11) is -1.30. The molecular formula is C33H42O2Si. The molecule has 0 radical (unpaired) electrons. The minimum atomic E-state index is -1.30. The Bertz CT molecular complexity index is 1150. The van der Waals surface area contributed by atoms with Gasteiger partial charge in [-0.25, -0.2) is 0 Å². The summed E-state index contributed by atoms with van der Waals surface area (Å²) in [6, 6.07) is 17.2. The van der Waals surface area contributed by atoms with Crippen molar-refractivity contribution < 1.29 is 9.53 Å². The first kappa shape index (κ1) is 25.3. The smallest absolute Gasteiger partial charge is 0.139 e. The van der Waals surface area contributed by atoms with Gasteiger partial charge in [0, 0.05) is 18.3 Å². The Labute approximate surface area is 219 Å². The van der Waals surface area contributed by atoms with Crippen molar-refractivity contribution >= 4 is 13.9 Å². The lowest BCUT2D eigenvalue weighted by molar-refractivity contribution is -0.129. The van der Waals surface area contributed by atoms with E-state index in [9.17, 15) is 4.79 Å². The van der Waals surface area contributed by atoms with E-state index < -0.39 is 8.07 Å². The largest absolute Gasteiger partial charge is 0.489 e. The quantitative estimate of drug-likeness (QED) is 0.229. The number of carbonyl (C=O) groups is 1. The number of benzene rings is 2. The normalized spacial score (nSPS) is 28.9. The van der Waals surface area contributed by atoms with E-state index in [2.05, 4.69) is 80.5 Å². The number of rotatable bonds is 6. The van der Waals surface area contributed by atoms with Gasteiger partial charge in [-0.2, -0.15) is 0 Å². The Morgan fingerprint density at radius 3 is 2.67 bits per heavy atom. The fourth-order valence-corrected chi connectivity index (χ4v) is 8.15. The predicted octanol–water partition coefficient (Wildman–Crippen LogP) is 7.97. The van der Waals surface area contributed by atoms with E-state index in [-0.39, 0.29) is 5.41 Å². The number of fused-ring (bicyclic) bond motifs is 5. The van der Waals surface area contributed by atoms with Crippen LogP contribution in [0.15, 0.2) is 48.5 Å². The molecule has 2 aromatic carbocycles. The summed E-state index contributed by atoms with van der Waals surface area (Å²) in [4.78, 5) is 13.3. The summed E-state index contributed by atoms with van der Waals surface area (Å²) in [5, 5.41) is 0.